The van der Waals surface area contributed by atoms with Gasteiger partial charge in [-0.05, 0) is 42.2 Å². The minimum atomic E-state index is 0.188. The minimum Gasteiger partial charge on any atom is -0.336 e. The number of rotatable bonds is 3. The van der Waals surface area contributed by atoms with E-state index in [1.165, 1.54) is 11.1 Å². The lowest BCUT2D eigenvalue weighted by Gasteiger charge is -2.31. The lowest BCUT2D eigenvalue weighted by Crippen LogP contribution is -2.34. The molecule has 1 aromatic carbocycles. The molecule has 21 heavy (non-hydrogen) atoms. The summed E-state index contributed by atoms with van der Waals surface area (Å²) in [5, 5.41) is 0. The summed E-state index contributed by atoms with van der Waals surface area (Å²) >= 11 is 0. The van der Waals surface area contributed by atoms with Gasteiger partial charge in [-0.3, -0.25) is 4.79 Å². The summed E-state index contributed by atoms with van der Waals surface area (Å²) in [4.78, 5) is 14.8. The zero-order valence-electron chi connectivity index (χ0n) is 14.1. The Kier molecular flexibility index (Phi) is 4.75. The molecule has 2 rings (SSSR count). The number of likely N-dealkylation sites (tertiary alicyclic amines) is 1. The predicted molar refractivity (Wildman–Crippen MR) is 88.1 cm³/mol. The van der Waals surface area contributed by atoms with Crippen molar-refractivity contribution in [1.29, 1.82) is 0 Å². The monoisotopic (exact) mass is 287 g/mol. The topological polar surface area (TPSA) is 20.3 Å². The molecule has 1 aromatic rings. The van der Waals surface area contributed by atoms with E-state index in [4.69, 9.17) is 0 Å². The maximum absolute atomic E-state index is 12.7. The summed E-state index contributed by atoms with van der Waals surface area (Å²) in [7, 11) is 0. The van der Waals surface area contributed by atoms with Gasteiger partial charge in [-0.1, -0.05) is 52.0 Å². The van der Waals surface area contributed by atoms with Crippen LogP contribution < -0.4 is 0 Å². The van der Waals surface area contributed by atoms with E-state index in [1.54, 1.807) is 0 Å². The number of amides is 1. The number of hydrogen-bond acceptors (Lipinski definition) is 1. The van der Waals surface area contributed by atoms with E-state index in [0.29, 0.717) is 18.2 Å². The smallest absolute Gasteiger partial charge is 0.223 e. The van der Waals surface area contributed by atoms with Crippen molar-refractivity contribution in [2.75, 3.05) is 6.54 Å². The van der Waals surface area contributed by atoms with Gasteiger partial charge in [-0.15, -0.1) is 0 Å². The molecule has 0 radical (unpaired) electrons. The van der Waals surface area contributed by atoms with Crippen molar-refractivity contribution >= 4 is 5.91 Å². The Bertz CT molecular complexity index is 501. The molecule has 0 N–H and O–H groups in total. The van der Waals surface area contributed by atoms with Crippen molar-refractivity contribution in [3.8, 4) is 0 Å². The second-order valence-corrected chi connectivity index (χ2v) is 7.57. The molecule has 0 aliphatic carbocycles. The van der Waals surface area contributed by atoms with E-state index in [-0.39, 0.29) is 11.5 Å². The Labute approximate surface area is 129 Å². The van der Waals surface area contributed by atoms with Crippen LogP contribution in [0.25, 0.3) is 0 Å². The number of hydrogen-bond donors (Lipinski definition) is 0. The Balaban J connectivity index is 2.12. The van der Waals surface area contributed by atoms with Gasteiger partial charge in [-0.2, -0.15) is 0 Å². The van der Waals surface area contributed by atoms with Crippen molar-refractivity contribution in [2.24, 2.45) is 11.3 Å². The maximum Gasteiger partial charge on any atom is 0.223 e. The average Bonchev–Trinajstić information content (AvgIpc) is 2.87. The number of nitrogens with zero attached hydrogens (tertiary/aromatic N) is 1. The summed E-state index contributed by atoms with van der Waals surface area (Å²) in [5.74, 6) is 0.728. The van der Waals surface area contributed by atoms with E-state index in [2.05, 4.69) is 63.8 Å². The lowest BCUT2D eigenvalue weighted by molar-refractivity contribution is -0.133. The Morgan fingerprint density at radius 1 is 1.33 bits per heavy atom. The second kappa shape index (κ2) is 6.21. The molecule has 1 aliphatic heterocycles. The SMILES string of the molecule is Cc1ccccc1C1CCCN1C(=O)CC(C)C(C)(C)C. The summed E-state index contributed by atoms with van der Waals surface area (Å²) in [6.45, 7) is 11.9. The van der Waals surface area contributed by atoms with Crippen LogP contribution >= 0.6 is 0 Å². The molecule has 1 saturated heterocycles. The van der Waals surface area contributed by atoms with Crippen LogP contribution in [0.5, 0.6) is 0 Å². The first kappa shape index (κ1) is 16.1. The third kappa shape index (κ3) is 3.66. The Morgan fingerprint density at radius 3 is 2.62 bits per heavy atom. The van der Waals surface area contributed by atoms with E-state index in [1.807, 2.05) is 0 Å². The molecule has 2 unspecified atom stereocenters. The molecule has 2 heteroatoms. The van der Waals surface area contributed by atoms with Crippen LogP contribution in [0, 0.1) is 18.3 Å². The number of benzene rings is 1. The fourth-order valence-corrected chi connectivity index (χ4v) is 3.03. The lowest BCUT2D eigenvalue weighted by atomic mass is 9.80. The predicted octanol–water partition coefficient (Wildman–Crippen LogP) is 4.73. The maximum atomic E-state index is 12.7. The third-order valence-corrected chi connectivity index (χ3v) is 5.08. The van der Waals surface area contributed by atoms with Gasteiger partial charge in [0.1, 0.15) is 0 Å². The highest BCUT2D eigenvalue weighted by atomic mass is 16.2. The van der Waals surface area contributed by atoms with Crippen LogP contribution in [0.2, 0.25) is 0 Å². The third-order valence-electron chi connectivity index (χ3n) is 5.08. The summed E-state index contributed by atoms with van der Waals surface area (Å²) in [5.41, 5.74) is 2.81. The second-order valence-electron chi connectivity index (χ2n) is 7.57. The van der Waals surface area contributed by atoms with Gasteiger partial charge < -0.3 is 4.90 Å². The van der Waals surface area contributed by atoms with Gasteiger partial charge in [0.05, 0.1) is 6.04 Å². The summed E-state index contributed by atoms with van der Waals surface area (Å²) in [6.07, 6.45) is 2.88. The molecule has 2 atom stereocenters. The van der Waals surface area contributed by atoms with Crippen molar-refractivity contribution in [3.05, 3.63) is 35.4 Å². The molecule has 0 bridgehead atoms. The summed E-state index contributed by atoms with van der Waals surface area (Å²) < 4.78 is 0. The zero-order valence-corrected chi connectivity index (χ0v) is 14.1. The highest BCUT2D eigenvalue weighted by Crippen LogP contribution is 2.36. The molecular weight excluding hydrogens is 258 g/mol. The molecule has 116 valence electrons. The fourth-order valence-electron chi connectivity index (χ4n) is 3.03. The molecule has 2 nitrogen and oxygen atoms in total. The quantitative estimate of drug-likeness (QED) is 0.787. The molecule has 0 saturated carbocycles. The van der Waals surface area contributed by atoms with Crippen molar-refractivity contribution in [1.82, 2.24) is 4.90 Å². The van der Waals surface area contributed by atoms with Crippen molar-refractivity contribution in [3.63, 3.8) is 0 Å². The highest BCUT2D eigenvalue weighted by Gasteiger charge is 2.32. The van der Waals surface area contributed by atoms with Gasteiger partial charge in [0.2, 0.25) is 5.91 Å². The molecule has 1 amide bonds. The fraction of sp³-hybridized carbons (Fsp3) is 0.632. The van der Waals surface area contributed by atoms with Crippen LogP contribution in [0.15, 0.2) is 24.3 Å². The van der Waals surface area contributed by atoms with Crippen molar-refractivity contribution in [2.45, 2.75) is 59.9 Å². The molecule has 0 spiro atoms. The number of carbonyl (C=O) groups excluding carboxylic acids is 1. The van der Waals surface area contributed by atoms with Gasteiger partial charge in [0, 0.05) is 13.0 Å². The van der Waals surface area contributed by atoms with Crippen molar-refractivity contribution < 1.29 is 4.79 Å². The normalized spacial score (nSPS) is 20.6. The summed E-state index contributed by atoms with van der Waals surface area (Å²) in [6, 6.07) is 8.76. The van der Waals surface area contributed by atoms with E-state index >= 15 is 0 Å². The van der Waals surface area contributed by atoms with Crippen LogP contribution in [-0.2, 0) is 4.79 Å². The number of aryl methyl sites for hydroxylation is 1. The molecule has 0 aromatic heterocycles. The van der Waals surface area contributed by atoms with E-state index < -0.39 is 0 Å². The Hall–Kier alpha value is -1.31. The molecule has 1 heterocycles. The Morgan fingerprint density at radius 2 is 2.00 bits per heavy atom. The van der Waals surface area contributed by atoms with Crippen LogP contribution in [0.3, 0.4) is 0 Å². The first-order chi connectivity index (χ1) is 9.80. The minimum absolute atomic E-state index is 0.188. The van der Waals surface area contributed by atoms with Gasteiger partial charge >= 0.3 is 0 Å². The van der Waals surface area contributed by atoms with Gasteiger partial charge in [0.25, 0.3) is 0 Å². The van der Waals surface area contributed by atoms with Gasteiger partial charge in [-0.25, -0.2) is 0 Å². The largest absolute Gasteiger partial charge is 0.336 e. The van der Waals surface area contributed by atoms with Crippen LogP contribution in [-0.4, -0.2) is 17.4 Å². The standard InChI is InChI=1S/C19H29NO/c1-14-9-6-7-10-16(14)17-11-8-12-20(17)18(21)13-15(2)19(3,4)5/h6-7,9-10,15,17H,8,11-13H2,1-5H3. The molecule has 1 aliphatic rings. The first-order valence-corrected chi connectivity index (χ1v) is 8.15. The molecule has 1 fully saturated rings. The molecular formula is C19H29NO. The van der Waals surface area contributed by atoms with E-state index in [0.717, 1.165) is 19.4 Å². The zero-order chi connectivity index (χ0) is 15.6. The van der Waals surface area contributed by atoms with E-state index in [9.17, 15) is 4.79 Å². The first-order valence-electron chi connectivity index (χ1n) is 8.15. The van der Waals surface area contributed by atoms with Crippen LogP contribution in [0.1, 0.15) is 64.1 Å². The number of carbonyl (C=O) groups is 1. The average molecular weight is 287 g/mol. The highest BCUT2D eigenvalue weighted by molar-refractivity contribution is 5.77. The van der Waals surface area contributed by atoms with Gasteiger partial charge in [0.15, 0.2) is 0 Å². The van der Waals surface area contributed by atoms with Crippen LogP contribution in [0.4, 0.5) is 0 Å².